The minimum absolute atomic E-state index is 0.147. The van der Waals surface area contributed by atoms with Crippen molar-refractivity contribution in [1.29, 1.82) is 0 Å². The van der Waals surface area contributed by atoms with Crippen LogP contribution < -0.4 is 5.32 Å². The molecule has 1 atom stereocenters. The highest BCUT2D eigenvalue weighted by Crippen LogP contribution is 2.36. The lowest BCUT2D eigenvalue weighted by atomic mass is 10.0. The van der Waals surface area contributed by atoms with Gasteiger partial charge in [0, 0.05) is 6.20 Å². The third-order valence-electron chi connectivity index (χ3n) is 2.81. The van der Waals surface area contributed by atoms with E-state index in [0.29, 0.717) is 6.92 Å². The molecule has 106 valence electrons. The minimum Gasteiger partial charge on any atom is -0.478 e. The smallest absolute Gasteiger partial charge is 0.422 e. The summed E-state index contributed by atoms with van der Waals surface area (Å²) in [4.78, 5) is 29.3. The number of carboxylic acids is 1. The summed E-state index contributed by atoms with van der Waals surface area (Å²) in [5.74, 6) is -3.00. The van der Waals surface area contributed by atoms with Crippen molar-refractivity contribution in [1.82, 2.24) is 10.3 Å². The van der Waals surface area contributed by atoms with Crippen molar-refractivity contribution < 1.29 is 27.9 Å². The predicted molar refractivity (Wildman–Crippen MR) is 60.3 cm³/mol. The van der Waals surface area contributed by atoms with Crippen LogP contribution in [0.3, 0.4) is 0 Å². The molecule has 1 aromatic rings. The highest BCUT2D eigenvalue weighted by atomic mass is 19.4. The van der Waals surface area contributed by atoms with E-state index in [0.717, 1.165) is 12.3 Å². The van der Waals surface area contributed by atoms with Gasteiger partial charge < -0.3 is 10.4 Å². The third-order valence-corrected chi connectivity index (χ3v) is 2.81. The van der Waals surface area contributed by atoms with Crippen LogP contribution in [0.1, 0.15) is 23.0 Å². The number of amides is 1. The second-order valence-electron chi connectivity index (χ2n) is 4.22. The first-order chi connectivity index (χ1) is 9.15. The maximum Gasteiger partial charge on any atom is 0.422 e. The van der Waals surface area contributed by atoms with Gasteiger partial charge in [-0.25, -0.2) is 9.79 Å². The van der Waals surface area contributed by atoms with E-state index < -0.39 is 29.4 Å². The Morgan fingerprint density at radius 2 is 2.10 bits per heavy atom. The fraction of sp³-hybridized carbons (Fsp3) is 0.273. The normalized spacial score (nSPS) is 22.4. The summed E-state index contributed by atoms with van der Waals surface area (Å²) in [6.45, 7) is 0.635. The zero-order valence-electron chi connectivity index (χ0n) is 10.0. The van der Waals surface area contributed by atoms with Crippen LogP contribution in [0.25, 0.3) is 0 Å². The third kappa shape index (κ3) is 2.10. The van der Waals surface area contributed by atoms with Gasteiger partial charge in [0.1, 0.15) is 5.69 Å². The molecule has 0 spiro atoms. The molecule has 0 aliphatic carbocycles. The van der Waals surface area contributed by atoms with E-state index in [1.807, 2.05) is 5.32 Å². The molecular formula is C11H8F3N3O3. The van der Waals surface area contributed by atoms with E-state index in [9.17, 15) is 22.8 Å². The van der Waals surface area contributed by atoms with Gasteiger partial charge in [-0.15, -0.1) is 0 Å². The molecule has 0 saturated heterocycles. The van der Waals surface area contributed by atoms with E-state index in [1.54, 1.807) is 0 Å². The van der Waals surface area contributed by atoms with Crippen LogP contribution in [0, 0.1) is 0 Å². The Kier molecular flexibility index (Phi) is 2.99. The van der Waals surface area contributed by atoms with Crippen LogP contribution in [0.15, 0.2) is 23.3 Å². The molecule has 0 aromatic carbocycles. The molecule has 1 aliphatic rings. The van der Waals surface area contributed by atoms with E-state index in [4.69, 9.17) is 5.11 Å². The van der Waals surface area contributed by atoms with Gasteiger partial charge in [-0.1, -0.05) is 0 Å². The van der Waals surface area contributed by atoms with Gasteiger partial charge in [-0.3, -0.25) is 9.78 Å². The van der Waals surface area contributed by atoms with Crippen LogP contribution >= 0.6 is 0 Å². The van der Waals surface area contributed by atoms with Crippen LogP contribution in [0.2, 0.25) is 0 Å². The SMILES string of the molecule is CC1(C(F)(F)F)N=C(c2cc(C(=O)O)ccn2)NC1=O. The number of hydrogen-bond donors (Lipinski definition) is 2. The van der Waals surface area contributed by atoms with Gasteiger partial charge in [0.15, 0.2) is 5.84 Å². The summed E-state index contributed by atoms with van der Waals surface area (Å²) >= 11 is 0. The average Bonchev–Trinajstić information content (AvgIpc) is 2.67. The number of carboxylic acid groups (broad SMARTS) is 1. The number of aromatic nitrogens is 1. The number of carbonyl (C=O) groups excluding carboxylic acids is 1. The molecule has 2 rings (SSSR count). The number of aliphatic imine (C=N–C) groups is 1. The van der Waals surface area contributed by atoms with Crippen molar-refractivity contribution in [2.45, 2.75) is 18.6 Å². The fourth-order valence-corrected chi connectivity index (χ4v) is 1.54. The Bertz CT molecular complexity index is 627. The molecule has 0 radical (unpaired) electrons. The number of halogens is 3. The molecule has 2 heterocycles. The van der Waals surface area contributed by atoms with E-state index in [1.165, 1.54) is 6.07 Å². The lowest BCUT2D eigenvalue weighted by Gasteiger charge is -2.20. The zero-order chi connectivity index (χ0) is 15.1. The van der Waals surface area contributed by atoms with Crippen molar-refractivity contribution in [2.75, 3.05) is 0 Å². The summed E-state index contributed by atoms with van der Waals surface area (Å²) in [5.41, 5.74) is -3.22. The Morgan fingerprint density at radius 1 is 1.45 bits per heavy atom. The molecule has 0 bridgehead atoms. The molecular weight excluding hydrogens is 279 g/mol. The number of hydrogen-bond acceptors (Lipinski definition) is 4. The monoisotopic (exact) mass is 287 g/mol. The zero-order valence-corrected chi connectivity index (χ0v) is 10.0. The number of nitrogens with zero attached hydrogens (tertiary/aromatic N) is 2. The molecule has 9 heteroatoms. The number of alkyl halides is 3. The lowest BCUT2D eigenvalue weighted by molar-refractivity contribution is -0.183. The summed E-state index contributed by atoms with van der Waals surface area (Å²) in [7, 11) is 0. The number of aromatic carboxylic acids is 1. The molecule has 1 aromatic heterocycles. The largest absolute Gasteiger partial charge is 0.478 e. The molecule has 0 fully saturated rings. The molecule has 1 amide bonds. The van der Waals surface area contributed by atoms with E-state index in [2.05, 4.69) is 9.98 Å². The Balaban J connectivity index is 2.45. The minimum atomic E-state index is -4.86. The summed E-state index contributed by atoms with van der Waals surface area (Å²) < 4.78 is 38.4. The molecule has 20 heavy (non-hydrogen) atoms. The second kappa shape index (κ2) is 4.29. The van der Waals surface area contributed by atoms with Crippen LogP contribution in [-0.4, -0.2) is 39.5 Å². The van der Waals surface area contributed by atoms with Gasteiger partial charge in [0.2, 0.25) is 5.54 Å². The van der Waals surface area contributed by atoms with Crippen LogP contribution in [0.4, 0.5) is 13.2 Å². The Morgan fingerprint density at radius 3 is 2.60 bits per heavy atom. The Hall–Kier alpha value is -2.45. The fourth-order valence-electron chi connectivity index (χ4n) is 1.54. The van der Waals surface area contributed by atoms with E-state index >= 15 is 0 Å². The van der Waals surface area contributed by atoms with E-state index in [-0.39, 0.29) is 11.3 Å². The highest BCUT2D eigenvalue weighted by Gasteiger charge is 2.60. The summed E-state index contributed by atoms with van der Waals surface area (Å²) in [5, 5.41) is 10.8. The van der Waals surface area contributed by atoms with Crippen molar-refractivity contribution >= 4 is 17.7 Å². The number of rotatable bonds is 2. The molecule has 6 nitrogen and oxygen atoms in total. The standard InChI is InChI=1S/C11H8F3N3O3/c1-10(11(12,13)14)9(20)16-7(17-10)6-4-5(8(18)19)2-3-15-6/h2-4H,1H3,(H,18,19)(H,16,17,20). The topological polar surface area (TPSA) is 91.7 Å². The van der Waals surface area contributed by atoms with Crippen molar-refractivity contribution in [2.24, 2.45) is 4.99 Å². The number of amidine groups is 1. The maximum absolute atomic E-state index is 12.8. The number of nitrogens with one attached hydrogen (secondary N) is 1. The van der Waals surface area contributed by atoms with Crippen molar-refractivity contribution in [3.05, 3.63) is 29.6 Å². The molecule has 0 saturated carbocycles. The summed E-state index contributed by atoms with van der Waals surface area (Å²) in [6.07, 6.45) is -3.75. The first kappa shape index (κ1) is 14.0. The second-order valence-corrected chi connectivity index (χ2v) is 4.22. The van der Waals surface area contributed by atoms with Gasteiger partial charge in [0.05, 0.1) is 5.56 Å². The molecule has 1 aliphatic heterocycles. The molecule has 1 unspecified atom stereocenters. The average molecular weight is 287 g/mol. The first-order valence-corrected chi connectivity index (χ1v) is 5.33. The molecule has 2 N–H and O–H groups in total. The lowest BCUT2D eigenvalue weighted by Crippen LogP contribution is -2.48. The number of pyridine rings is 1. The Labute approximate surface area is 110 Å². The predicted octanol–water partition coefficient (Wildman–Crippen LogP) is 0.977. The van der Waals surface area contributed by atoms with Crippen molar-refractivity contribution in [3.63, 3.8) is 0 Å². The van der Waals surface area contributed by atoms with Crippen LogP contribution in [-0.2, 0) is 4.79 Å². The van der Waals surface area contributed by atoms with Crippen molar-refractivity contribution in [3.8, 4) is 0 Å². The van der Waals surface area contributed by atoms with Gasteiger partial charge >= 0.3 is 12.1 Å². The summed E-state index contributed by atoms with van der Waals surface area (Å²) in [6, 6.07) is 2.20. The van der Waals surface area contributed by atoms with Gasteiger partial charge in [-0.05, 0) is 19.1 Å². The quantitative estimate of drug-likeness (QED) is 0.848. The van der Waals surface area contributed by atoms with Gasteiger partial charge in [-0.2, -0.15) is 13.2 Å². The number of carbonyl (C=O) groups is 2. The van der Waals surface area contributed by atoms with Gasteiger partial charge in [0.25, 0.3) is 5.91 Å². The highest BCUT2D eigenvalue weighted by molar-refractivity contribution is 6.15. The van der Waals surface area contributed by atoms with Crippen LogP contribution in [0.5, 0.6) is 0 Å². The maximum atomic E-state index is 12.8. The first-order valence-electron chi connectivity index (χ1n) is 5.33.